The van der Waals surface area contributed by atoms with Gasteiger partial charge in [0.2, 0.25) is 0 Å². The number of halogens is 3. The van der Waals surface area contributed by atoms with Gasteiger partial charge in [-0.2, -0.15) is 13.2 Å². The van der Waals surface area contributed by atoms with Crippen molar-refractivity contribution in [2.45, 2.75) is 6.18 Å². The first-order chi connectivity index (χ1) is 14.7. The van der Waals surface area contributed by atoms with Gasteiger partial charge >= 0.3 is 12.1 Å². The number of nitrogen functional groups attached to an aromatic ring is 1. The Hall–Kier alpha value is -3.67. The van der Waals surface area contributed by atoms with E-state index in [0.29, 0.717) is 11.3 Å². The molecule has 0 aliphatic heterocycles. The summed E-state index contributed by atoms with van der Waals surface area (Å²) in [7, 11) is 3.06. The first-order valence-electron chi connectivity index (χ1n) is 8.76. The molecule has 0 aliphatic carbocycles. The molecule has 0 atom stereocenters. The molecule has 0 spiro atoms. The molecule has 4 aromatic rings. The van der Waals surface area contributed by atoms with Crippen molar-refractivity contribution in [3.63, 3.8) is 0 Å². The molecule has 0 bridgehead atoms. The van der Waals surface area contributed by atoms with E-state index in [2.05, 4.69) is 15.6 Å². The fourth-order valence-corrected chi connectivity index (χ4v) is 3.99. The van der Waals surface area contributed by atoms with E-state index >= 15 is 0 Å². The molecule has 160 valence electrons. The predicted molar refractivity (Wildman–Crippen MR) is 107 cm³/mol. The van der Waals surface area contributed by atoms with Gasteiger partial charge < -0.3 is 10.5 Å². The van der Waals surface area contributed by atoms with Crippen molar-refractivity contribution < 1.29 is 31.9 Å². The molecule has 0 saturated heterocycles. The number of aryl methyl sites for hydroxylation is 1. The SMILES string of the molecule is COc1ccc(-c2cc(C(F)(F)F)c3c(N)c(C(=O)Nc4c[n+](C)no4)sc3n2)cc1. The molecule has 0 radical (unpaired) electrons. The Kier molecular flexibility index (Phi) is 5.01. The van der Waals surface area contributed by atoms with Crippen LogP contribution in [-0.2, 0) is 13.2 Å². The van der Waals surface area contributed by atoms with Crippen molar-refractivity contribution in [3.8, 4) is 17.0 Å². The summed E-state index contributed by atoms with van der Waals surface area (Å²) in [6.45, 7) is 0. The van der Waals surface area contributed by atoms with Crippen LogP contribution in [0, 0.1) is 0 Å². The van der Waals surface area contributed by atoms with Crippen molar-refractivity contribution in [1.29, 1.82) is 0 Å². The standard InChI is InChI=1S/C19H14F3N5O3S/c1-27-8-13(30-26-27)25-17(28)16-15(23)14-11(19(20,21)22)7-12(24-18(14)31-16)9-3-5-10(29-2)6-4-9/h3-8H,1-2H3,(H2-,23,25,26,28)/p+1. The molecular formula is C19H15F3N5O3S+. The van der Waals surface area contributed by atoms with Gasteiger partial charge in [0.15, 0.2) is 12.3 Å². The quantitative estimate of drug-likeness (QED) is 0.460. The molecular weight excluding hydrogens is 435 g/mol. The largest absolute Gasteiger partial charge is 0.497 e. The summed E-state index contributed by atoms with van der Waals surface area (Å²) in [5.74, 6) is -0.148. The number of ether oxygens (including phenoxy) is 1. The summed E-state index contributed by atoms with van der Waals surface area (Å²) in [4.78, 5) is 16.8. The normalized spacial score (nSPS) is 11.6. The Morgan fingerprint density at radius 2 is 2.00 bits per heavy atom. The second-order valence-corrected chi connectivity index (χ2v) is 7.50. The number of nitrogens with zero attached hydrogens (tertiary/aromatic N) is 3. The highest BCUT2D eigenvalue weighted by Gasteiger charge is 2.36. The molecule has 0 aliphatic rings. The van der Waals surface area contributed by atoms with Crippen LogP contribution in [0.5, 0.6) is 5.75 Å². The number of nitrogens with one attached hydrogen (secondary N) is 1. The molecule has 0 saturated carbocycles. The lowest BCUT2D eigenvalue weighted by molar-refractivity contribution is -0.739. The number of nitrogens with two attached hydrogens (primary N) is 1. The fourth-order valence-electron chi connectivity index (χ4n) is 2.97. The van der Waals surface area contributed by atoms with Crippen LogP contribution in [0.2, 0.25) is 0 Å². The number of hydrogen-bond acceptors (Lipinski definition) is 7. The molecule has 4 rings (SSSR count). The molecule has 0 unspecified atom stereocenters. The molecule has 3 aromatic heterocycles. The van der Waals surface area contributed by atoms with Gasteiger partial charge in [-0.15, -0.1) is 11.3 Å². The Bertz CT molecular complexity index is 1280. The van der Waals surface area contributed by atoms with Gasteiger partial charge in [-0.25, -0.2) is 4.98 Å². The maximum Gasteiger partial charge on any atom is 0.417 e. The number of thiophene rings is 1. The van der Waals surface area contributed by atoms with Crippen LogP contribution in [0.1, 0.15) is 15.2 Å². The van der Waals surface area contributed by atoms with Crippen LogP contribution in [0.15, 0.2) is 41.1 Å². The highest BCUT2D eigenvalue weighted by atomic mass is 32.1. The van der Waals surface area contributed by atoms with E-state index < -0.39 is 17.6 Å². The fraction of sp³-hybridized carbons (Fsp3) is 0.158. The van der Waals surface area contributed by atoms with Crippen molar-refractivity contribution in [2.24, 2.45) is 7.05 Å². The van der Waals surface area contributed by atoms with E-state index in [0.717, 1.165) is 17.4 Å². The highest BCUT2D eigenvalue weighted by Crippen LogP contribution is 2.43. The summed E-state index contributed by atoms with van der Waals surface area (Å²) < 4.78 is 52.8. The van der Waals surface area contributed by atoms with Gasteiger partial charge in [-0.1, -0.05) is 4.68 Å². The minimum atomic E-state index is -4.70. The number of rotatable bonds is 4. The highest BCUT2D eigenvalue weighted by molar-refractivity contribution is 7.21. The zero-order valence-electron chi connectivity index (χ0n) is 16.1. The number of carbonyl (C=O) groups excluding carboxylic acids is 1. The monoisotopic (exact) mass is 450 g/mol. The average molecular weight is 450 g/mol. The Morgan fingerprint density at radius 1 is 1.29 bits per heavy atom. The second-order valence-electron chi connectivity index (χ2n) is 6.50. The van der Waals surface area contributed by atoms with Crippen LogP contribution < -0.4 is 20.5 Å². The number of aromatic nitrogens is 3. The third-order valence-electron chi connectivity index (χ3n) is 4.41. The van der Waals surface area contributed by atoms with Crippen molar-refractivity contribution in [3.05, 3.63) is 47.0 Å². The van der Waals surface area contributed by atoms with Crippen LogP contribution in [0.25, 0.3) is 21.5 Å². The number of amides is 1. The number of anilines is 2. The molecule has 1 aromatic carbocycles. The van der Waals surface area contributed by atoms with Gasteiger partial charge in [0, 0.05) is 10.9 Å². The number of hydrogen-bond donors (Lipinski definition) is 2. The summed E-state index contributed by atoms with van der Waals surface area (Å²) in [5, 5.41) is 5.66. The van der Waals surface area contributed by atoms with Crippen LogP contribution >= 0.6 is 11.3 Å². The lowest BCUT2D eigenvalue weighted by atomic mass is 10.1. The predicted octanol–water partition coefficient (Wildman–Crippen LogP) is 3.64. The molecule has 12 heteroatoms. The molecule has 31 heavy (non-hydrogen) atoms. The van der Waals surface area contributed by atoms with Crippen molar-refractivity contribution >= 4 is 39.0 Å². The first-order valence-corrected chi connectivity index (χ1v) is 9.57. The van der Waals surface area contributed by atoms with Crippen LogP contribution in [0.4, 0.5) is 24.7 Å². The van der Waals surface area contributed by atoms with Gasteiger partial charge in [-0.3, -0.25) is 14.6 Å². The minimum absolute atomic E-state index is 0.00795. The van der Waals surface area contributed by atoms with Gasteiger partial charge in [-0.05, 0) is 30.3 Å². The first kappa shape index (κ1) is 20.6. The van der Waals surface area contributed by atoms with Crippen molar-refractivity contribution in [1.82, 2.24) is 10.3 Å². The summed E-state index contributed by atoms with van der Waals surface area (Å²) in [5.41, 5.74) is 5.25. The van der Waals surface area contributed by atoms with Gasteiger partial charge in [0.05, 0.1) is 24.1 Å². The maximum absolute atomic E-state index is 13.8. The molecule has 3 N–H and O–H groups in total. The minimum Gasteiger partial charge on any atom is -0.497 e. The topological polar surface area (TPSA) is 107 Å². The third-order valence-corrected chi connectivity index (χ3v) is 5.50. The molecule has 8 nitrogen and oxygen atoms in total. The third kappa shape index (κ3) is 3.89. The van der Waals surface area contributed by atoms with E-state index in [1.165, 1.54) is 18.0 Å². The van der Waals surface area contributed by atoms with E-state index in [1.807, 2.05) is 0 Å². The summed E-state index contributed by atoms with van der Waals surface area (Å²) in [6, 6.07) is 7.36. The summed E-state index contributed by atoms with van der Waals surface area (Å²) in [6.07, 6.45) is -3.31. The van der Waals surface area contributed by atoms with Gasteiger partial charge in [0.25, 0.3) is 12.1 Å². The Labute approximate surface area is 177 Å². The smallest absolute Gasteiger partial charge is 0.417 e. The van der Waals surface area contributed by atoms with Gasteiger partial charge in [0.1, 0.15) is 15.5 Å². The lowest BCUT2D eigenvalue weighted by Gasteiger charge is -2.11. The number of methoxy groups -OCH3 is 1. The van der Waals surface area contributed by atoms with Crippen LogP contribution in [-0.4, -0.2) is 23.3 Å². The van der Waals surface area contributed by atoms with Crippen LogP contribution in [0.3, 0.4) is 0 Å². The van der Waals surface area contributed by atoms with E-state index in [1.54, 1.807) is 31.3 Å². The average Bonchev–Trinajstić information content (AvgIpc) is 3.29. The maximum atomic E-state index is 13.8. The summed E-state index contributed by atoms with van der Waals surface area (Å²) >= 11 is 0.763. The van der Waals surface area contributed by atoms with Crippen molar-refractivity contribution in [2.75, 3.05) is 18.2 Å². The number of carbonyl (C=O) groups is 1. The van der Waals surface area contributed by atoms with E-state index in [4.69, 9.17) is 15.0 Å². The molecule has 1 amide bonds. The number of benzene rings is 1. The second kappa shape index (κ2) is 7.54. The zero-order valence-corrected chi connectivity index (χ0v) is 17.0. The Balaban J connectivity index is 1.84. The molecule has 3 heterocycles. The van der Waals surface area contributed by atoms with E-state index in [9.17, 15) is 18.0 Å². The zero-order chi connectivity index (χ0) is 22.3. The lowest BCUT2D eigenvalue weighted by Crippen LogP contribution is -2.28. The Morgan fingerprint density at radius 3 is 2.58 bits per heavy atom. The number of fused-ring (bicyclic) bond motifs is 1. The number of alkyl halides is 3. The van der Waals surface area contributed by atoms with E-state index in [-0.39, 0.29) is 32.4 Å². The molecule has 0 fully saturated rings. The number of pyridine rings is 1.